The molecule has 3 atom stereocenters. The number of carbonyl (C=O) groups is 1. The third-order valence-electron chi connectivity index (χ3n) is 6.37. The Kier molecular flexibility index (Phi) is 4.80. The van der Waals surface area contributed by atoms with Gasteiger partial charge < -0.3 is 10.6 Å². The average Bonchev–Trinajstić information content (AvgIpc) is 3.25. The molecule has 4 fully saturated rings. The van der Waals surface area contributed by atoms with Gasteiger partial charge in [0.25, 0.3) is 0 Å². The van der Waals surface area contributed by atoms with Crippen LogP contribution in [0.1, 0.15) is 32.6 Å². The molecule has 25 heavy (non-hydrogen) atoms. The summed E-state index contributed by atoms with van der Waals surface area (Å²) in [5, 5.41) is 6.46. The minimum Gasteiger partial charge on any atom is -0.362 e. The van der Waals surface area contributed by atoms with E-state index in [1.807, 2.05) is 0 Å². The van der Waals surface area contributed by atoms with Gasteiger partial charge in [-0.15, -0.1) is 0 Å². The molecule has 4 saturated carbocycles. The molecule has 5 rings (SSSR count). The van der Waals surface area contributed by atoms with Crippen LogP contribution in [-0.2, 0) is 4.79 Å². The van der Waals surface area contributed by atoms with E-state index < -0.39 is 0 Å². The first kappa shape index (κ1) is 17.3. The molecule has 0 aromatic heterocycles. The normalized spacial score (nSPS) is 37.2. The quantitative estimate of drug-likeness (QED) is 0.722. The molecule has 0 radical (unpaired) electrons. The number of carbonyl (C=O) groups excluding carboxylic acids is 1. The predicted molar refractivity (Wildman–Crippen MR) is 108 cm³/mol. The molecule has 3 nitrogen and oxygen atoms in total. The number of hydrogen-bond donors (Lipinski definition) is 2. The molecular formula is C20H26N2OS2. The molecule has 0 aliphatic heterocycles. The zero-order valence-electron chi connectivity index (χ0n) is 14.7. The molecule has 0 aromatic carbocycles. The summed E-state index contributed by atoms with van der Waals surface area (Å²) >= 11 is 6.97. The number of allylic oxidation sites excluding steroid dienone is 5. The summed E-state index contributed by atoms with van der Waals surface area (Å²) in [5.74, 6) is 3.90. The number of thioether (sulfide) groups is 1. The van der Waals surface area contributed by atoms with Crippen molar-refractivity contribution in [1.82, 2.24) is 10.6 Å². The second kappa shape index (κ2) is 6.92. The first-order valence-corrected chi connectivity index (χ1v) is 10.7. The molecule has 0 spiro atoms. The average molecular weight is 375 g/mol. The van der Waals surface area contributed by atoms with Gasteiger partial charge in [0.2, 0.25) is 5.91 Å². The highest BCUT2D eigenvalue weighted by Gasteiger charge is 2.63. The van der Waals surface area contributed by atoms with E-state index in [1.165, 1.54) is 31.3 Å². The number of amides is 1. The Morgan fingerprint density at radius 1 is 1.32 bits per heavy atom. The lowest BCUT2D eigenvalue weighted by Gasteiger charge is -2.30. The van der Waals surface area contributed by atoms with Crippen LogP contribution >= 0.6 is 24.0 Å². The minimum atomic E-state index is 0.0986. The molecule has 4 bridgehead atoms. The number of hydrogen-bond acceptors (Lipinski definition) is 3. The van der Waals surface area contributed by atoms with Gasteiger partial charge in [0.15, 0.2) is 0 Å². The maximum absolute atomic E-state index is 12.4. The molecule has 5 heteroatoms. The Bertz CT molecular complexity index is 653. The molecule has 0 heterocycles. The van der Waals surface area contributed by atoms with Crippen molar-refractivity contribution in [3.63, 3.8) is 0 Å². The van der Waals surface area contributed by atoms with Crippen LogP contribution in [0.15, 0.2) is 36.0 Å². The lowest BCUT2D eigenvalue weighted by Crippen LogP contribution is -2.50. The standard InChI is InChI=1S/C20H26N2OS2/c1-13-3-2-4-14(6-5-13)12-25-19(24)21-11-18(23)22-20-9-15-7-17(20)8-16(15)10-20/h2-6,13,15-17H,7-12H2,1H3,(H,21,24)(H,22,23). The van der Waals surface area contributed by atoms with Gasteiger partial charge in [0, 0.05) is 11.3 Å². The highest BCUT2D eigenvalue weighted by molar-refractivity contribution is 8.23. The maximum Gasteiger partial charge on any atom is 0.239 e. The van der Waals surface area contributed by atoms with E-state index in [1.54, 1.807) is 11.8 Å². The molecule has 5 aliphatic rings. The first-order chi connectivity index (χ1) is 12.0. The summed E-state index contributed by atoms with van der Waals surface area (Å²) in [7, 11) is 0. The van der Waals surface area contributed by atoms with Crippen LogP contribution in [-0.4, -0.2) is 28.1 Å². The summed E-state index contributed by atoms with van der Waals surface area (Å²) in [6, 6.07) is 0. The SMILES string of the molecule is CC1C=CC=C(CSC(=S)NCC(=O)NC23CC4CC2CC4C3)C=C1. The lowest BCUT2D eigenvalue weighted by atomic mass is 9.90. The Labute approximate surface area is 159 Å². The van der Waals surface area contributed by atoms with Crippen molar-refractivity contribution < 1.29 is 4.79 Å². The van der Waals surface area contributed by atoms with Crippen LogP contribution in [0.25, 0.3) is 0 Å². The molecule has 2 N–H and O–H groups in total. The first-order valence-electron chi connectivity index (χ1n) is 9.31. The van der Waals surface area contributed by atoms with Crippen LogP contribution in [0, 0.1) is 23.7 Å². The minimum absolute atomic E-state index is 0.0986. The maximum atomic E-state index is 12.4. The third kappa shape index (κ3) is 3.59. The van der Waals surface area contributed by atoms with Gasteiger partial charge in [-0.05, 0) is 54.9 Å². The van der Waals surface area contributed by atoms with E-state index in [0.717, 1.165) is 23.5 Å². The summed E-state index contributed by atoms with van der Waals surface area (Å²) in [5.41, 5.74) is 1.38. The molecular weight excluding hydrogens is 348 g/mol. The van der Waals surface area contributed by atoms with E-state index >= 15 is 0 Å². The summed E-state index contributed by atoms with van der Waals surface area (Å²) in [4.78, 5) is 12.4. The lowest BCUT2D eigenvalue weighted by molar-refractivity contribution is -0.122. The van der Waals surface area contributed by atoms with Gasteiger partial charge in [-0.3, -0.25) is 4.79 Å². The number of thiocarbonyl (C=S) groups is 1. The Morgan fingerprint density at radius 2 is 2.08 bits per heavy atom. The van der Waals surface area contributed by atoms with Crippen molar-refractivity contribution in [2.24, 2.45) is 23.7 Å². The van der Waals surface area contributed by atoms with E-state index in [9.17, 15) is 4.79 Å². The molecule has 0 aromatic rings. The number of rotatable bonds is 5. The van der Waals surface area contributed by atoms with Crippen molar-refractivity contribution in [3.8, 4) is 0 Å². The third-order valence-corrected chi connectivity index (χ3v) is 7.75. The van der Waals surface area contributed by atoms with Crippen LogP contribution in [0.5, 0.6) is 0 Å². The summed E-state index contributed by atoms with van der Waals surface area (Å²) in [6.45, 7) is 2.46. The van der Waals surface area contributed by atoms with E-state index in [4.69, 9.17) is 12.2 Å². The zero-order chi connectivity index (χ0) is 17.4. The van der Waals surface area contributed by atoms with E-state index in [-0.39, 0.29) is 11.4 Å². The van der Waals surface area contributed by atoms with Crippen LogP contribution in [0.4, 0.5) is 0 Å². The monoisotopic (exact) mass is 374 g/mol. The van der Waals surface area contributed by atoms with Crippen molar-refractivity contribution in [2.45, 2.75) is 38.1 Å². The van der Waals surface area contributed by atoms with Crippen molar-refractivity contribution in [3.05, 3.63) is 36.0 Å². The van der Waals surface area contributed by atoms with E-state index in [2.05, 4.69) is 47.9 Å². The fraction of sp³-hybridized carbons (Fsp3) is 0.600. The largest absolute Gasteiger partial charge is 0.362 e. The smallest absolute Gasteiger partial charge is 0.239 e. The van der Waals surface area contributed by atoms with Gasteiger partial charge >= 0.3 is 0 Å². The fourth-order valence-electron chi connectivity index (χ4n) is 5.24. The van der Waals surface area contributed by atoms with Crippen molar-refractivity contribution in [1.29, 1.82) is 0 Å². The summed E-state index contributed by atoms with van der Waals surface area (Å²) in [6.07, 6.45) is 15.9. The molecule has 134 valence electrons. The topological polar surface area (TPSA) is 41.1 Å². The van der Waals surface area contributed by atoms with Crippen molar-refractivity contribution >= 4 is 34.2 Å². The molecule has 0 saturated heterocycles. The fourth-order valence-corrected chi connectivity index (χ4v) is 6.15. The van der Waals surface area contributed by atoms with Crippen LogP contribution < -0.4 is 10.6 Å². The Hall–Kier alpha value is -1.07. The number of nitrogens with one attached hydrogen (secondary N) is 2. The van der Waals surface area contributed by atoms with E-state index in [0.29, 0.717) is 16.8 Å². The predicted octanol–water partition coefficient (Wildman–Crippen LogP) is 3.59. The molecule has 1 amide bonds. The van der Waals surface area contributed by atoms with Gasteiger partial charge in [0.1, 0.15) is 4.32 Å². The van der Waals surface area contributed by atoms with Gasteiger partial charge in [-0.25, -0.2) is 0 Å². The second-order valence-electron chi connectivity index (χ2n) is 8.08. The molecule has 5 aliphatic carbocycles. The second-order valence-corrected chi connectivity index (χ2v) is 9.73. The van der Waals surface area contributed by atoms with Gasteiger partial charge in [0.05, 0.1) is 6.54 Å². The van der Waals surface area contributed by atoms with Crippen molar-refractivity contribution in [2.75, 3.05) is 12.3 Å². The van der Waals surface area contributed by atoms with Gasteiger partial charge in [-0.1, -0.05) is 61.3 Å². The highest BCUT2D eigenvalue weighted by atomic mass is 32.2. The Morgan fingerprint density at radius 3 is 2.76 bits per heavy atom. The zero-order valence-corrected chi connectivity index (χ0v) is 16.3. The summed E-state index contributed by atoms with van der Waals surface area (Å²) < 4.78 is 0.697. The Balaban J connectivity index is 1.19. The van der Waals surface area contributed by atoms with Gasteiger partial charge in [-0.2, -0.15) is 0 Å². The van der Waals surface area contributed by atoms with Crippen LogP contribution in [0.2, 0.25) is 0 Å². The highest BCUT2D eigenvalue weighted by Crippen LogP contribution is 2.64. The molecule has 3 unspecified atom stereocenters. The van der Waals surface area contributed by atoms with Crippen LogP contribution in [0.3, 0.4) is 0 Å².